The van der Waals surface area contributed by atoms with Crippen molar-refractivity contribution in [3.05, 3.63) is 10.4 Å². The number of aliphatic hydroxyl groups is 1. The smallest absolute Gasteiger partial charge is 0.276 e. The van der Waals surface area contributed by atoms with Crippen LogP contribution in [0.1, 0.15) is 30.7 Å². The molecular weight excluding hydrogens is 326 g/mol. The second-order valence-corrected chi connectivity index (χ2v) is 7.37. The van der Waals surface area contributed by atoms with E-state index in [9.17, 15) is 5.11 Å². The van der Waals surface area contributed by atoms with Crippen molar-refractivity contribution in [3.8, 4) is 0 Å². The van der Waals surface area contributed by atoms with Gasteiger partial charge in [0.05, 0.1) is 11.5 Å². The molecule has 0 unspecified atom stereocenters. The average molecular weight is 347 g/mol. The number of aromatic nitrogens is 5. The Kier molecular flexibility index (Phi) is 4.07. The van der Waals surface area contributed by atoms with Gasteiger partial charge < -0.3 is 10.4 Å². The summed E-state index contributed by atoms with van der Waals surface area (Å²) in [6.07, 6.45) is 1.73. The molecule has 4 rings (SSSR count). The Labute approximate surface area is 143 Å². The van der Waals surface area contributed by atoms with E-state index < -0.39 is 6.10 Å². The molecular formula is C15H21N7OS. The summed E-state index contributed by atoms with van der Waals surface area (Å²) in [6, 6.07) is 0. The molecule has 0 saturated carbocycles. The largest absolute Gasteiger partial charge is 0.392 e. The van der Waals surface area contributed by atoms with Gasteiger partial charge in [-0.2, -0.15) is 9.50 Å². The molecule has 0 amide bonds. The van der Waals surface area contributed by atoms with Crippen LogP contribution in [0.25, 0.3) is 16.0 Å². The van der Waals surface area contributed by atoms with E-state index in [0.29, 0.717) is 12.3 Å². The van der Waals surface area contributed by atoms with Crippen LogP contribution in [-0.4, -0.2) is 60.8 Å². The number of rotatable bonds is 5. The van der Waals surface area contributed by atoms with Crippen LogP contribution in [0.2, 0.25) is 0 Å². The van der Waals surface area contributed by atoms with Gasteiger partial charge in [-0.15, -0.1) is 11.3 Å². The summed E-state index contributed by atoms with van der Waals surface area (Å²) in [5.74, 6) is 1.26. The SMILES string of the molecule is CCCN1CCc2c(sc3c2c(NC[C@@H](C)O)nc2nnnn23)C1. The molecule has 0 saturated heterocycles. The molecule has 0 fully saturated rings. The summed E-state index contributed by atoms with van der Waals surface area (Å²) in [7, 11) is 0. The number of nitrogens with one attached hydrogen (secondary N) is 1. The van der Waals surface area contributed by atoms with Gasteiger partial charge in [0.25, 0.3) is 5.78 Å². The van der Waals surface area contributed by atoms with Gasteiger partial charge in [-0.05, 0) is 42.3 Å². The molecule has 8 nitrogen and oxygen atoms in total. The van der Waals surface area contributed by atoms with Crippen LogP contribution >= 0.6 is 11.3 Å². The van der Waals surface area contributed by atoms with E-state index in [1.54, 1.807) is 22.8 Å². The second-order valence-electron chi connectivity index (χ2n) is 6.29. The number of hydrogen-bond donors (Lipinski definition) is 2. The topological polar surface area (TPSA) is 91.5 Å². The highest BCUT2D eigenvalue weighted by Crippen LogP contribution is 2.38. The van der Waals surface area contributed by atoms with E-state index in [4.69, 9.17) is 0 Å². The maximum atomic E-state index is 9.60. The molecule has 4 heterocycles. The number of thiophene rings is 1. The molecule has 128 valence electrons. The Morgan fingerprint density at radius 2 is 2.29 bits per heavy atom. The number of anilines is 1. The fourth-order valence-corrected chi connectivity index (χ4v) is 4.59. The first-order valence-electron chi connectivity index (χ1n) is 8.34. The third kappa shape index (κ3) is 2.62. The molecule has 0 spiro atoms. The van der Waals surface area contributed by atoms with Gasteiger partial charge in [0, 0.05) is 24.5 Å². The molecule has 2 N–H and O–H groups in total. The summed E-state index contributed by atoms with van der Waals surface area (Å²) in [6.45, 7) is 7.59. The number of nitrogens with zero attached hydrogens (tertiary/aromatic N) is 6. The Morgan fingerprint density at radius 1 is 1.42 bits per heavy atom. The zero-order valence-corrected chi connectivity index (χ0v) is 14.7. The van der Waals surface area contributed by atoms with Crippen molar-refractivity contribution in [1.82, 2.24) is 29.9 Å². The first-order valence-corrected chi connectivity index (χ1v) is 9.15. The summed E-state index contributed by atoms with van der Waals surface area (Å²) in [5, 5.41) is 25.8. The van der Waals surface area contributed by atoms with Crippen LogP contribution in [0, 0.1) is 0 Å². The molecule has 3 aromatic heterocycles. The lowest BCUT2D eigenvalue weighted by molar-refractivity contribution is 0.208. The Morgan fingerprint density at radius 3 is 3.08 bits per heavy atom. The molecule has 0 aromatic carbocycles. The van der Waals surface area contributed by atoms with E-state index in [-0.39, 0.29) is 0 Å². The first kappa shape index (κ1) is 15.7. The highest BCUT2D eigenvalue weighted by molar-refractivity contribution is 7.19. The zero-order valence-electron chi connectivity index (χ0n) is 13.9. The standard InChI is InChI=1S/C15H21N7OS/c1-3-5-21-6-4-10-11(8-21)24-14-12(10)13(16-7-9(2)23)17-15-18-19-20-22(14)15/h9,23H,3-8H2,1-2H3,(H,16,17,18,20)/t9-/m1/s1. The van der Waals surface area contributed by atoms with Crippen LogP contribution in [0.3, 0.4) is 0 Å². The van der Waals surface area contributed by atoms with Gasteiger partial charge >= 0.3 is 0 Å². The normalized spacial score (nSPS) is 16.6. The van der Waals surface area contributed by atoms with Crippen molar-refractivity contribution in [2.45, 2.75) is 39.3 Å². The van der Waals surface area contributed by atoms with E-state index in [1.807, 2.05) is 0 Å². The predicted molar refractivity (Wildman–Crippen MR) is 93.4 cm³/mol. The van der Waals surface area contributed by atoms with Crippen LogP contribution in [0.15, 0.2) is 0 Å². The van der Waals surface area contributed by atoms with Crippen LogP contribution in [0.4, 0.5) is 5.82 Å². The van der Waals surface area contributed by atoms with Gasteiger partial charge in [0.15, 0.2) is 0 Å². The fraction of sp³-hybridized carbons (Fsp3) is 0.600. The van der Waals surface area contributed by atoms with E-state index in [2.05, 4.69) is 37.6 Å². The van der Waals surface area contributed by atoms with Crippen molar-refractivity contribution in [2.75, 3.05) is 25.0 Å². The molecule has 0 radical (unpaired) electrons. The molecule has 9 heteroatoms. The lowest BCUT2D eigenvalue weighted by atomic mass is 10.0. The summed E-state index contributed by atoms with van der Waals surface area (Å²) < 4.78 is 1.72. The van der Waals surface area contributed by atoms with Crippen molar-refractivity contribution in [2.24, 2.45) is 0 Å². The van der Waals surface area contributed by atoms with E-state index in [1.165, 1.54) is 16.9 Å². The Bertz CT molecular complexity index is 872. The number of hydrogen-bond acceptors (Lipinski definition) is 8. The van der Waals surface area contributed by atoms with Crippen LogP contribution < -0.4 is 5.32 Å². The van der Waals surface area contributed by atoms with Crippen molar-refractivity contribution >= 4 is 33.1 Å². The van der Waals surface area contributed by atoms with E-state index >= 15 is 0 Å². The molecule has 0 bridgehead atoms. The van der Waals surface area contributed by atoms with Gasteiger partial charge in [-0.25, -0.2) is 0 Å². The predicted octanol–water partition coefficient (Wildman–Crippen LogP) is 1.29. The minimum atomic E-state index is -0.441. The zero-order chi connectivity index (χ0) is 16.7. The molecule has 3 aromatic rings. The summed E-state index contributed by atoms with van der Waals surface area (Å²) in [5.41, 5.74) is 1.35. The first-order chi connectivity index (χ1) is 11.7. The van der Waals surface area contributed by atoms with Gasteiger partial charge in [-0.3, -0.25) is 4.90 Å². The van der Waals surface area contributed by atoms with Gasteiger partial charge in [-0.1, -0.05) is 12.0 Å². The van der Waals surface area contributed by atoms with Gasteiger partial charge in [0.2, 0.25) is 0 Å². The number of aliphatic hydroxyl groups excluding tert-OH is 1. The monoisotopic (exact) mass is 347 g/mol. The maximum absolute atomic E-state index is 9.60. The second kappa shape index (κ2) is 6.23. The Hall–Kier alpha value is -1.84. The maximum Gasteiger partial charge on any atom is 0.276 e. The molecule has 1 aliphatic heterocycles. The van der Waals surface area contributed by atoms with Crippen LogP contribution in [0.5, 0.6) is 0 Å². The average Bonchev–Trinajstić information content (AvgIpc) is 3.16. The van der Waals surface area contributed by atoms with Crippen LogP contribution in [-0.2, 0) is 13.0 Å². The molecule has 1 aliphatic rings. The van der Waals surface area contributed by atoms with Crippen molar-refractivity contribution in [1.29, 1.82) is 0 Å². The van der Waals surface area contributed by atoms with E-state index in [0.717, 1.165) is 42.1 Å². The molecule has 24 heavy (non-hydrogen) atoms. The quantitative estimate of drug-likeness (QED) is 0.718. The van der Waals surface area contributed by atoms with Crippen molar-refractivity contribution < 1.29 is 5.11 Å². The minimum Gasteiger partial charge on any atom is -0.392 e. The fourth-order valence-electron chi connectivity index (χ4n) is 3.25. The van der Waals surface area contributed by atoms with Crippen molar-refractivity contribution in [3.63, 3.8) is 0 Å². The number of fused-ring (bicyclic) bond motifs is 5. The minimum absolute atomic E-state index is 0.441. The lowest BCUT2D eigenvalue weighted by Gasteiger charge is -2.26. The summed E-state index contributed by atoms with van der Waals surface area (Å²) in [4.78, 5) is 9.46. The molecule has 0 aliphatic carbocycles. The molecule has 1 atom stereocenters. The van der Waals surface area contributed by atoms with Gasteiger partial charge in [0.1, 0.15) is 10.6 Å². The highest BCUT2D eigenvalue weighted by Gasteiger charge is 2.25. The number of tetrazole rings is 1. The highest BCUT2D eigenvalue weighted by atomic mass is 32.1. The third-order valence-electron chi connectivity index (χ3n) is 4.32. The lowest BCUT2D eigenvalue weighted by Crippen LogP contribution is -2.30. The third-order valence-corrected chi connectivity index (χ3v) is 5.51. The Balaban J connectivity index is 1.85. The summed E-state index contributed by atoms with van der Waals surface area (Å²) >= 11 is 1.75.